The first-order valence-corrected chi connectivity index (χ1v) is 7.99. The molecular formula is C19H15N3O5. The lowest BCUT2D eigenvalue weighted by atomic mass is 9.95. The van der Waals surface area contributed by atoms with Gasteiger partial charge in [0.2, 0.25) is 6.20 Å². The van der Waals surface area contributed by atoms with Crippen molar-refractivity contribution in [2.45, 2.75) is 6.54 Å². The van der Waals surface area contributed by atoms with E-state index in [0.717, 1.165) is 24.0 Å². The number of benzene rings is 2. The molecule has 0 aliphatic rings. The fourth-order valence-corrected chi connectivity index (χ4v) is 2.80. The summed E-state index contributed by atoms with van der Waals surface area (Å²) in [5.41, 5.74) is 2.00. The van der Waals surface area contributed by atoms with Gasteiger partial charge in [-0.1, -0.05) is 42.5 Å². The molecule has 0 atom stereocenters. The molecule has 0 unspecified atom stereocenters. The second-order valence-corrected chi connectivity index (χ2v) is 5.72. The van der Waals surface area contributed by atoms with Gasteiger partial charge in [-0.05, 0) is 22.8 Å². The van der Waals surface area contributed by atoms with Crippen molar-refractivity contribution in [3.63, 3.8) is 0 Å². The number of anilines is 1. The second kappa shape index (κ2) is 7.52. The molecule has 27 heavy (non-hydrogen) atoms. The van der Waals surface area contributed by atoms with E-state index < -0.39 is 10.9 Å². The van der Waals surface area contributed by atoms with Gasteiger partial charge in [-0.2, -0.15) is 4.73 Å². The van der Waals surface area contributed by atoms with Gasteiger partial charge in [-0.3, -0.25) is 10.1 Å². The van der Waals surface area contributed by atoms with Crippen molar-refractivity contribution in [1.82, 2.24) is 0 Å². The normalized spacial score (nSPS) is 10.4. The van der Waals surface area contributed by atoms with Crippen molar-refractivity contribution in [2.75, 3.05) is 5.32 Å². The van der Waals surface area contributed by atoms with Crippen LogP contribution in [0.4, 0.5) is 11.4 Å². The average molecular weight is 365 g/mol. The standard InChI is InChI=1S/C19H15N3O5/c23-19(24)16-8-4-3-7-15(16)14-6-2-1-5-13(14)11-20-17-12-21(25)10-9-18(17)22(26)27/h1-10,12,20H,11H2,(H,23,24). The molecule has 2 N–H and O–H groups in total. The number of nitrogens with zero attached hydrogens (tertiary/aromatic N) is 2. The molecule has 0 amide bonds. The van der Waals surface area contributed by atoms with Crippen LogP contribution >= 0.6 is 0 Å². The zero-order valence-electron chi connectivity index (χ0n) is 14.0. The predicted molar refractivity (Wildman–Crippen MR) is 98.2 cm³/mol. The SMILES string of the molecule is O=C(O)c1ccccc1-c1ccccc1CNc1c[n+]([O-])ccc1[N+](=O)[O-]. The molecule has 8 nitrogen and oxygen atoms in total. The van der Waals surface area contributed by atoms with Crippen LogP contribution in [0.2, 0.25) is 0 Å². The van der Waals surface area contributed by atoms with Crippen LogP contribution in [-0.2, 0) is 6.54 Å². The maximum atomic E-state index is 11.5. The molecular weight excluding hydrogens is 350 g/mol. The Balaban J connectivity index is 1.97. The number of pyridine rings is 1. The molecule has 0 fully saturated rings. The van der Waals surface area contributed by atoms with E-state index in [0.29, 0.717) is 15.9 Å². The van der Waals surface area contributed by atoms with Gasteiger partial charge < -0.3 is 15.6 Å². The van der Waals surface area contributed by atoms with Gasteiger partial charge in [-0.15, -0.1) is 0 Å². The van der Waals surface area contributed by atoms with Gasteiger partial charge in [0.25, 0.3) is 0 Å². The summed E-state index contributed by atoms with van der Waals surface area (Å²) in [4.78, 5) is 22.1. The highest BCUT2D eigenvalue weighted by molar-refractivity contribution is 5.96. The van der Waals surface area contributed by atoms with Crippen LogP contribution in [0.3, 0.4) is 0 Å². The molecule has 0 radical (unpaired) electrons. The molecule has 0 saturated carbocycles. The topological polar surface area (TPSA) is 119 Å². The number of rotatable bonds is 6. The van der Waals surface area contributed by atoms with Crippen LogP contribution in [0.1, 0.15) is 15.9 Å². The third-order valence-corrected chi connectivity index (χ3v) is 4.04. The second-order valence-electron chi connectivity index (χ2n) is 5.72. The molecule has 8 heteroatoms. The zero-order valence-corrected chi connectivity index (χ0v) is 14.0. The van der Waals surface area contributed by atoms with E-state index in [2.05, 4.69) is 5.32 Å². The highest BCUT2D eigenvalue weighted by Gasteiger charge is 2.18. The molecule has 1 heterocycles. The predicted octanol–water partition coefficient (Wildman–Crippen LogP) is 3.21. The molecule has 3 rings (SSSR count). The Kier molecular flexibility index (Phi) is 4.98. The Morgan fingerprint density at radius 2 is 1.74 bits per heavy atom. The van der Waals surface area contributed by atoms with Gasteiger partial charge in [0.1, 0.15) is 0 Å². The first-order valence-electron chi connectivity index (χ1n) is 7.99. The molecule has 0 spiro atoms. The number of aromatic carboxylic acids is 1. The zero-order chi connectivity index (χ0) is 19.4. The Hall–Kier alpha value is -3.94. The summed E-state index contributed by atoms with van der Waals surface area (Å²) in [6, 6.07) is 14.9. The fraction of sp³-hybridized carbons (Fsp3) is 0.0526. The van der Waals surface area contributed by atoms with Crippen molar-refractivity contribution >= 4 is 17.3 Å². The Morgan fingerprint density at radius 1 is 1.07 bits per heavy atom. The van der Waals surface area contributed by atoms with Gasteiger partial charge in [0.15, 0.2) is 11.9 Å². The Morgan fingerprint density at radius 3 is 2.44 bits per heavy atom. The maximum Gasteiger partial charge on any atom is 0.336 e. The quantitative estimate of drug-likeness (QED) is 0.300. The van der Waals surface area contributed by atoms with Crippen LogP contribution < -0.4 is 10.0 Å². The van der Waals surface area contributed by atoms with Crippen LogP contribution in [0.15, 0.2) is 67.0 Å². The van der Waals surface area contributed by atoms with E-state index in [4.69, 9.17) is 0 Å². The molecule has 0 aliphatic carbocycles. The van der Waals surface area contributed by atoms with E-state index in [1.807, 2.05) is 0 Å². The number of carbonyl (C=O) groups is 1. The number of aromatic nitrogens is 1. The molecule has 1 aromatic heterocycles. The highest BCUT2D eigenvalue weighted by Crippen LogP contribution is 2.29. The van der Waals surface area contributed by atoms with E-state index in [9.17, 15) is 25.2 Å². The van der Waals surface area contributed by atoms with Crippen LogP contribution in [0, 0.1) is 15.3 Å². The van der Waals surface area contributed by atoms with Crippen molar-refractivity contribution in [3.8, 4) is 11.1 Å². The number of carboxylic acids is 1. The molecule has 3 aromatic rings. The average Bonchev–Trinajstić information content (AvgIpc) is 2.66. The Bertz CT molecular complexity index is 1020. The summed E-state index contributed by atoms with van der Waals surface area (Å²) in [5, 5.41) is 34.9. The summed E-state index contributed by atoms with van der Waals surface area (Å²) in [6.07, 6.45) is 2.15. The molecule has 2 aromatic carbocycles. The minimum absolute atomic E-state index is 0.0822. The number of hydrogen-bond donors (Lipinski definition) is 2. The number of carboxylic acid groups (broad SMARTS) is 1. The van der Waals surface area contributed by atoms with Gasteiger partial charge >= 0.3 is 11.7 Å². The van der Waals surface area contributed by atoms with E-state index in [1.54, 1.807) is 42.5 Å². The van der Waals surface area contributed by atoms with E-state index >= 15 is 0 Å². The van der Waals surface area contributed by atoms with Crippen molar-refractivity contribution in [2.24, 2.45) is 0 Å². The first kappa shape index (κ1) is 17.9. The summed E-state index contributed by atoms with van der Waals surface area (Å²) >= 11 is 0. The summed E-state index contributed by atoms with van der Waals surface area (Å²) < 4.78 is 0.473. The van der Waals surface area contributed by atoms with Gasteiger partial charge in [0, 0.05) is 6.54 Å². The summed E-state index contributed by atoms with van der Waals surface area (Å²) in [6.45, 7) is 0.176. The monoisotopic (exact) mass is 365 g/mol. The molecule has 0 saturated heterocycles. The number of nitro groups is 1. The van der Waals surface area contributed by atoms with E-state index in [-0.39, 0.29) is 23.5 Å². The third-order valence-electron chi connectivity index (χ3n) is 4.04. The lowest BCUT2D eigenvalue weighted by Gasteiger charge is -2.13. The molecule has 0 bridgehead atoms. The van der Waals surface area contributed by atoms with Crippen molar-refractivity contribution < 1.29 is 19.6 Å². The first-order chi connectivity index (χ1) is 13.0. The van der Waals surface area contributed by atoms with Crippen LogP contribution in [-0.4, -0.2) is 16.0 Å². The largest absolute Gasteiger partial charge is 0.619 e. The van der Waals surface area contributed by atoms with Crippen molar-refractivity contribution in [3.05, 3.63) is 93.4 Å². The van der Waals surface area contributed by atoms with Gasteiger partial charge in [-0.25, -0.2) is 4.79 Å². The maximum absolute atomic E-state index is 11.5. The minimum atomic E-state index is -1.04. The van der Waals surface area contributed by atoms with Gasteiger partial charge in [0.05, 0.1) is 16.6 Å². The molecule has 136 valence electrons. The third kappa shape index (κ3) is 3.84. The van der Waals surface area contributed by atoms with E-state index in [1.165, 1.54) is 6.07 Å². The minimum Gasteiger partial charge on any atom is -0.619 e. The lowest BCUT2D eigenvalue weighted by molar-refractivity contribution is -0.605. The Labute approximate surface area is 154 Å². The summed E-state index contributed by atoms with van der Waals surface area (Å²) in [5.74, 6) is -1.04. The number of hydrogen-bond acceptors (Lipinski definition) is 5. The smallest absolute Gasteiger partial charge is 0.336 e. The highest BCUT2D eigenvalue weighted by atomic mass is 16.6. The molecule has 0 aliphatic heterocycles. The van der Waals surface area contributed by atoms with Crippen LogP contribution in [0.5, 0.6) is 0 Å². The fourth-order valence-electron chi connectivity index (χ4n) is 2.80. The van der Waals surface area contributed by atoms with Crippen LogP contribution in [0.25, 0.3) is 11.1 Å². The number of nitrogens with one attached hydrogen (secondary N) is 1. The van der Waals surface area contributed by atoms with Crippen molar-refractivity contribution in [1.29, 1.82) is 0 Å². The summed E-state index contributed by atoms with van der Waals surface area (Å²) in [7, 11) is 0. The lowest BCUT2D eigenvalue weighted by Crippen LogP contribution is -2.25.